The minimum Gasteiger partial charge on any atom is -0.550 e. The molecule has 2 rings (SSSR count). The summed E-state index contributed by atoms with van der Waals surface area (Å²) in [6.07, 6.45) is -0.420. The van der Waals surface area contributed by atoms with Crippen LogP contribution in [0.5, 0.6) is 5.75 Å². The third-order valence-electron chi connectivity index (χ3n) is 3.10. The first-order chi connectivity index (χ1) is 10.0. The van der Waals surface area contributed by atoms with E-state index in [1.165, 1.54) is 0 Å². The number of methoxy groups -OCH3 is 1. The lowest BCUT2D eigenvalue weighted by atomic mass is 10.1. The number of carbonyl (C=O) groups is 2. The van der Waals surface area contributed by atoms with Crippen molar-refractivity contribution in [2.24, 2.45) is 0 Å². The van der Waals surface area contributed by atoms with Gasteiger partial charge in [0.25, 0.3) is 5.91 Å². The molecule has 0 heterocycles. The lowest BCUT2D eigenvalue weighted by Gasteiger charge is -2.12. The molecule has 0 saturated heterocycles. The Morgan fingerprint density at radius 2 is 2.05 bits per heavy atom. The number of carbonyl (C=O) groups excluding carboxylic acids is 2. The quantitative estimate of drug-likeness (QED) is 0.776. The summed E-state index contributed by atoms with van der Waals surface area (Å²) < 4.78 is 5.30. The number of benzene rings is 2. The van der Waals surface area contributed by atoms with Gasteiger partial charge in [0.05, 0.1) is 7.11 Å². The van der Waals surface area contributed by atoms with E-state index in [1.807, 2.05) is 24.3 Å². The first-order valence-corrected chi connectivity index (χ1v) is 6.42. The fourth-order valence-corrected chi connectivity index (χ4v) is 2.05. The fourth-order valence-electron chi connectivity index (χ4n) is 2.05. The highest BCUT2D eigenvalue weighted by Crippen LogP contribution is 2.29. The molecule has 21 heavy (non-hydrogen) atoms. The van der Waals surface area contributed by atoms with Crippen LogP contribution in [-0.4, -0.2) is 25.0 Å². The monoisotopic (exact) mass is 288 g/mol. The molecule has 1 atom stereocenters. The molecule has 2 aromatic rings. The highest BCUT2D eigenvalue weighted by atomic mass is 16.5. The van der Waals surface area contributed by atoms with Crippen LogP contribution in [0.25, 0.3) is 10.8 Å². The van der Waals surface area contributed by atoms with Crippen molar-refractivity contribution < 1.29 is 25.2 Å². The normalized spacial score (nSPS) is 11.9. The molecule has 2 aromatic carbocycles. The Morgan fingerprint density at radius 1 is 1.33 bits per heavy atom. The number of ether oxygens (including phenoxy) is 1. The zero-order valence-electron chi connectivity index (χ0n) is 11.6. The van der Waals surface area contributed by atoms with Crippen molar-refractivity contribution in [2.75, 3.05) is 12.4 Å². The predicted molar refractivity (Wildman–Crippen MR) is 75.4 cm³/mol. The van der Waals surface area contributed by atoms with Crippen LogP contribution >= 0.6 is 0 Å². The molecule has 0 radical (unpaired) electrons. The van der Waals surface area contributed by atoms with Crippen molar-refractivity contribution in [3.63, 3.8) is 0 Å². The van der Waals surface area contributed by atoms with E-state index >= 15 is 0 Å². The molecule has 0 aliphatic carbocycles. The van der Waals surface area contributed by atoms with Crippen molar-refractivity contribution in [1.29, 1.82) is 0 Å². The summed E-state index contributed by atoms with van der Waals surface area (Å²) in [5, 5.41) is 15.0. The van der Waals surface area contributed by atoms with E-state index in [1.54, 1.807) is 19.2 Å². The summed E-state index contributed by atoms with van der Waals surface area (Å²) in [5.41, 5.74) is 4.05. The van der Waals surface area contributed by atoms with E-state index < -0.39 is 24.3 Å². The smallest absolute Gasteiger partial charge is 0.282 e. The first kappa shape index (κ1) is 14.8. The number of fused-ring (bicyclic) bond motifs is 1. The van der Waals surface area contributed by atoms with Crippen LogP contribution in [0.3, 0.4) is 0 Å². The Bertz CT molecular complexity index is 684. The van der Waals surface area contributed by atoms with Crippen LogP contribution in [-0.2, 0) is 9.59 Å². The minimum absolute atomic E-state index is 0.420. The average molecular weight is 288 g/mol. The Morgan fingerprint density at radius 3 is 2.71 bits per heavy atom. The molecule has 0 fully saturated rings. The van der Waals surface area contributed by atoms with Crippen LogP contribution in [0, 0.1) is 0 Å². The zero-order valence-corrected chi connectivity index (χ0v) is 11.6. The van der Waals surface area contributed by atoms with Crippen molar-refractivity contribution in [1.82, 2.24) is 0 Å². The number of quaternary nitrogens is 1. The van der Waals surface area contributed by atoms with Gasteiger partial charge in [-0.3, -0.25) is 4.79 Å². The number of amides is 1. The molecule has 6 heteroatoms. The molecule has 0 saturated carbocycles. The van der Waals surface area contributed by atoms with Gasteiger partial charge < -0.3 is 25.7 Å². The highest BCUT2D eigenvalue weighted by molar-refractivity contribution is 5.99. The van der Waals surface area contributed by atoms with E-state index in [-0.39, 0.29) is 0 Å². The van der Waals surface area contributed by atoms with E-state index in [0.29, 0.717) is 11.4 Å². The zero-order chi connectivity index (χ0) is 15.4. The molecule has 0 aliphatic rings. The summed E-state index contributed by atoms with van der Waals surface area (Å²) in [6.45, 7) is 0. The van der Waals surface area contributed by atoms with Gasteiger partial charge in [0, 0.05) is 29.5 Å². The molecule has 0 aliphatic heterocycles. The van der Waals surface area contributed by atoms with Crippen LogP contribution in [0.1, 0.15) is 6.42 Å². The number of rotatable bonds is 5. The van der Waals surface area contributed by atoms with Crippen molar-refractivity contribution in [3.8, 4) is 5.75 Å². The average Bonchev–Trinajstić information content (AvgIpc) is 2.45. The van der Waals surface area contributed by atoms with Gasteiger partial charge in [-0.25, -0.2) is 0 Å². The lowest BCUT2D eigenvalue weighted by molar-refractivity contribution is -0.407. The molecular weight excluding hydrogens is 272 g/mol. The Labute approximate surface area is 121 Å². The van der Waals surface area contributed by atoms with E-state index in [2.05, 4.69) is 11.1 Å². The van der Waals surface area contributed by atoms with Gasteiger partial charge >= 0.3 is 0 Å². The number of hydrogen-bond donors (Lipinski definition) is 2. The second-order valence-corrected chi connectivity index (χ2v) is 4.66. The van der Waals surface area contributed by atoms with Crippen molar-refractivity contribution in [3.05, 3.63) is 36.4 Å². The van der Waals surface area contributed by atoms with Gasteiger partial charge in [0.2, 0.25) is 0 Å². The third kappa shape index (κ3) is 3.49. The van der Waals surface area contributed by atoms with Crippen LogP contribution in [0.15, 0.2) is 36.4 Å². The second kappa shape index (κ2) is 6.23. The Hall–Kier alpha value is -2.60. The van der Waals surface area contributed by atoms with Crippen molar-refractivity contribution in [2.45, 2.75) is 12.5 Å². The number of carboxylic acid groups (broad SMARTS) is 1. The van der Waals surface area contributed by atoms with Crippen LogP contribution in [0.2, 0.25) is 0 Å². The SMILES string of the molecule is COc1cc(NC(=O)[C@@H]([NH3+])CC(=O)[O-])cc2ccccc12. The molecule has 0 unspecified atom stereocenters. The molecular formula is C15H16N2O4. The molecule has 6 nitrogen and oxygen atoms in total. The van der Waals surface area contributed by atoms with Gasteiger partial charge in [-0.05, 0) is 11.5 Å². The molecule has 0 spiro atoms. The standard InChI is InChI=1S/C15H16N2O4/c1-21-13-7-10(6-9-4-2-3-5-11(9)13)17-15(20)12(16)8-14(18)19/h2-7,12H,8,16H2,1H3,(H,17,20)(H,18,19)/t12-/m0/s1. The van der Waals surface area contributed by atoms with Gasteiger partial charge in [0.1, 0.15) is 5.75 Å². The van der Waals surface area contributed by atoms with E-state index in [9.17, 15) is 14.7 Å². The molecule has 110 valence electrons. The van der Waals surface area contributed by atoms with Gasteiger partial charge in [-0.15, -0.1) is 0 Å². The summed E-state index contributed by atoms with van der Waals surface area (Å²) in [6, 6.07) is 10.2. The summed E-state index contributed by atoms with van der Waals surface area (Å²) in [7, 11) is 1.55. The predicted octanol–water partition coefficient (Wildman–Crippen LogP) is -0.463. The molecule has 0 aromatic heterocycles. The topological polar surface area (TPSA) is 106 Å². The maximum Gasteiger partial charge on any atom is 0.282 e. The van der Waals surface area contributed by atoms with Gasteiger partial charge in [0.15, 0.2) is 6.04 Å². The van der Waals surface area contributed by atoms with Gasteiger partial charge in [-0.2, -0.15) is 0 Å². The Balaban J connectivity index is 2.26. The number of aliphatic carboxylic acids is 1. The summed E-state index contributed by atoms with van der Waals surface area (Å²) in [4.78, 5) is 22.4. The number of nitrogens with one attached hydrogen (secondary N) is 1. The molecule has 4 N–H and O–H groups in total. The largest absolute Gasteiger partial charge is 0.550 e. The fraction of sp³-hybridized carbons (Fsp3) is 0.200. The summed E-state index contributed by atoms with van der Waals surface area (Å²) in [5.74, 6) is -1.15. The van der Waals surface area contributed by atoms with E-state index in [4.69, 9.17) is 4.74 Å². The number of carboxylic acids is 1. The Kier molecular flexibility index (Phi) is 4.39. The maximum atomic E-state index is 11.9. The minimum atomic E-state index is -1.30. The summed E-state index contributed by atoms with van der Waals surface area (Å²) >= 11 is 0. The lowest BCUT2D eigenvalue weighted by Crippen LogP contribution is -2.67. The molecule has 0 bridgehead atoms. The van der Waals surface area contributed by atoms with Gasteiger partial charge in [-0.1, -0.05) is 24.3 Å². The first-order valence-electron chi connectivity index (χ1n) is 6.42. The maximum absolute atomic E-state index is 11.9. The third-order valence-corrected chi connectivity index (χ3v) is 3.10. The number of hydrogen-bond acceptors (Lipinski definition) is 4. The van der Waals surface area contributed by atoms with E-state index in [0.717, 1.165) is 10.8 Å². The highest BCUT2D eigenvalue weighted by Gasteiger charge is 2.18. The molecule has 1 amide bonds. The van der Waals surface area contributed by atoms with Crippen molar-refractivity contribution >= 4 is 28.3 Å². The van der Waals surface area contributed by atoms with Crippen LogP contribution in [0.4, 0.5) is 5.69 Å². The van der Waals surface area contributed by atoms with Crippen LogP contribution < -0.4 is 20.9 Å². The number of anilines is 1. The second-order valence-electron chi connectivity index (χ2n) is 4.66.